The fourth-order valence-electron chi connectivity index (χ4n) is 0.919. The molecule has 0 aromatic carbocycles. The average molecular weight is 252 g/mol. The maximum atomic E-state index is 11.9. The second kappa shape index (κ2) is 4.44. The van der Waals surface area contributed by atoms with Crippen LogP contribution in [0.4, 0.5) is 19.1 Å². The number of carbonyl (C=O) groups excluding carboxylic acids is 1. The molecule has 0 saturated carbocycles. The number of rotatable bonds is 3. The third kappa shape index (κ3) is 2.95. The molecule has 1 amide bonds. The summed E-state index contributed by atoms with van der Waals surface area (Å²) in [7, 11) is 0. The first kappa shape index (κ1) is 13.0. The van der Waals surface area contributed by atoms with Gasteiger partial charge in [-0.1, -0.05) is 6.92 Å². The van der Waals surface area contributed by atoms with Crippen LogP contribution in [0.5, 0.6) is 0 Å². The molecule has 94 valence electrons. The van der Waals surface area contributed by atoms with Crippen molar-refractivity contribution in [1.29, 1.82) is 0 Å². The molecule has 0 bridgehead atoms. The first-order valence-corrected chi connectivity index (χ1v) is 4.36. The summed E-state index contributed by atoms with van der Waals surface area (Å²) in [5, 5.41) is 9.95. The highest BCUT2D eigenvalue weighted by Gasteiger charge is 2.40. The van der Waals surface area contributed by atoms with E-state index in [1.54, 1.807) is 6.92 Å². The maximum Gasteiger partial charge on any atom is 0.471 e. The van der Waals surface area contributed by atoms with E-state index in [9.17, 15) is 22.8 Å². The van der Waals surface area contributed by atoms with E-state index < -0.39 is 29.6 Å². The molecule has 0 atom stereocenters. The summed E-state index contributed by atoms with van der Waals surface area (Å²) in [5.41, 5.74) is -0.764. The van der Waals surface area contributed by atoms with Gasteiger partial charge in [-0.3, -0.25) is 10.1 Å². The summed E-state index contributed by atoms with van der Waals surface area (Å²) in [4.78, 5) is 24.6. The summed E-state index contributed by atoms with van der Waals surface area (Å²) in [5.74, 6) is -4.82. The van der Waals surface area contributed by atoms with Crippen LogP contribution in [0.15, 0.2) is 4.42 Å². The summed E-state index contributed by atoms with van der Waals surface area (Å²) in [6.45, 7) is 1.56. The minimum Gasteiger partial charge on any atom is -0.476 e. The number of hydrogen-bond acceptors (Lipinski definition) is 4. The molecule has 6 nitrogen and oxygen atoms in total. The van der Waals surface area contributed by atoms with Crippen LogP contribution in [0.3, 0.4) is 0 Å². The Morgan fingerprint density at radius 2 is 2.06 bits per heavy atom. The Morgan fingerprint density at radius 3 is 2.47 bits per heavy atom. The van der Waals surface area contributed by atoms with Crippen molar-refractivity contribution >= 4 is 17.8 Å². The smallest absolute Gasteiger partial charge is 0.471 e. The highest BCUT2D eigenvalue weighted by molar-refractivity contribution is 5.99. The van der Waals surface area contributed by atoms with Gasteiger partial charge in [0.15, 0.2) is 5.89 Å². The summed E-state index contributed by atoms with van der Waals surface area (Å²) in [6, 6.07) is 0. The van der Waals surface area contributed by atoms with Gasteiger partial charge in [-0.05, 0) is 0 Å². The lowest BCUT2D eigenvalue weighted by Crippen LogP contribution is -2.30. The van der Waals surface area contributed by atoms with Crippen molar-refractivity contribution in [2.45, 2.75) is 19.5 Å². The van der Waals surface area contributed by atoms with E-state index in [4.69, 9.17) is 5.11 Å². The van der Waals surface area contributed by atoms with E-state index in [2.05, 4.69) is 9.40 Å². The number of alkyl halides is 3. The van der Waals surface area contributed by atoms with Crippen LogP contribution in [0, 0.1) is 0 Å². The van der Waals surface area contributed by atoms with E-state index in [1.165, 1.54) is 5.32 Å². The van der Waals surface area contributed by atoms with Crippen LogP contribution in [0.1, 0.15) is 23.3 Å². The Hall–Kier alpha value is -2.06. The molecule has 0 fully saturated rings. The molecule has 0 spiro atoms. The Labute approximate surface area is 92.4 Å². The first-order valence-electron chi connectivity index (χ1n) is 4.36. The lowest BCUT2D eigenvalue weighted by atomic mass is 10.4. The molecule has 0 aliphatic rings. The molecule has 0 aliphatic carbocycles. The fourth-order valence-corrected chi connectivity index (χ4v) is 0.919. The largest absolute Gasteiger partial charge is 0.476 e. The number of aromatic carboxylic acids is 1. The third-order valence-corrected chi connectivity index (χ3v) is 1.66. The molecular formula is C8H7F3N2O4. The maximum absolute atomic E-state index is 11.9. The summed E-state index contributed by atoms with van der Waals surface area (Å²) in [6.07, 6.45) is -4.95. The number of carbonyl (C=O) groups is 2. The van der Waals surface area contributed by atoms with Gasteiger partial charge in [0.25, 0.3) is 0 Å². The second-order valence-electron chi connectivity index (χ2n) is 2.90. The van der Waals surface area contributed by atoms with Gasteiger partial charge in [0.05, 0.1) is 0 Å². The summed E-state index contributed by atoms with van der Waals surface area (Å²) < 4.78 is 40.5. The second-order valence-corrected chi connectivity index (χ2v) is 2.90. The molecular weight excluding hydrogens is 245 g/mol. The number of amides is 1. The molecule has 17 heavy (non-hydrogen) atoms. The van der Waals surface area contributed by atoms with Gasteiger partial charge < -0.3 is 9.52 Å². The minimum absolute atomic E-state index is 0.0834. The molecule has 0 saturated heterocycles. The Balaban J connectivity index is 3.01. The van der Waals surface area contributed by atoms with Crippen molar-refractivity contribution in [3.05, 3.63) is 11.6 Å². The van der Waals surface area contributed by atoms with Crippen molar-refractivity contribution in [3.63, 3.8) is 0 Å². The van der Waals surface area contributed by atoms with Crippen molar-refractivity contribution < 1.29 is 32.3 Å². The number of aromatic nitrogens is 1. The predicted octanol–water partition coefficient (Wildman–Crippen LogP) is 1.44. The zero-order valence-electron chi connectivity index (χ0n) is 8.46. The molecule has 1 aromatic rings. The fraction of sp³-hybridized carbons (Fsp3) is 0.375. The van der Waals surface area contributed by atoms with Gasteiger partial charge in [0.2, 0.25) is 11.6 Å². The predicted molar refractivity (Wildman–Crippen MR) is 47.5 cm³/mol. The number of nitrogens with one attached hydrogen (secondary N) is 1. The minimum atomic E-state index is -5.13. The number of hydrogen-bond donors (Lipinski definition) is 2. The number of oxazole rings is 1. The highest BCUT2D eigenvalue weighted by atomic mass is 19.4. The van der Waals surface area contributed by atoms with E-state index >= 15 is 0 Å². The number of carboxylic acid groups (broad SMARTS) is 1. The number of carboxylic acids is 1. The number of halogens is 3. The number of aryl methyl sites for hydroxylation is 1. The van der Waals surface area contributed by atoms with Crippen LogP contribution in [-0.4, -0.2) is 28.1 Å². The van der Waals surface area contributed by atoms with Gasteiger partial charge in [0, 0.05) is 6.42 Å². The molecule has 1 rings (SSSR count). The van der Waals surface area contributed by atoms with E-state index in [-0.39, 0.29) is 12.3 Å². The molecule has 1 aromatic heterocycles. The monoisotopic (exact) mass is 252 g/mol. The molecule has 9 heteroatoms. The quantitative estimate of drug-likeness (QED) is 0.848. The molecule has 1 heterocycles. The zero-order chi connectivity index (χ0) is 13.2. The Bertz CT molecular complexity index is 452. The number of nitrogens with zero attached hydrogens (tertiary/aromatic N) is 1. The van der Waals surface area contributed by atoms with E-state index in [1.807, 2.05) is 0 Å². The van der Waals surface area contributed by atoms with Crippen molar-refractivity contribution in [2.75, 3.05) is 5.32 Å². The Morgan fingerprint density at radius 1 is 1.47 bits per heavy atom. The standard InChI is InChI=1S/C8H7F3N2O4/c1-2-3-12-4(6(14)15)5(17-3)13-7(16)8(9,10)11/h2H2,1H3,(H,13,16)(H,14,15). The van der Waals surface area contributed by atoms with Crippen LogP contribution >= 0.6 is 0 Å². The zero-order valence-corrected chi connectivity index (χ0v) is 8.46. The lowest BCUT2D eigenvalue weighted by Gasteiger charge is -2.05. The molecule has 2 N–H and O–H groups in total. The van der Waals surface area contributed by atoms with Gasteiger partial charge >= 0.3 is 18.1 Å². The van der Waals surface area contributed by atoms with Gasteiger partial charge in [-0.25, -0.2) is 9.78 Å². The van der Waals surface area contributed by atoms with Crippen molar-refractivity contribution in [3.8, 4) is 0 Å². The topological polar surface area (TPSA) is 92.4 Å². The van der Waals surface area contributed by atoms with Crippen molar-refractivity contribution in [1.82, 2.24) is 4.98 Å². The third-order valence-electron chi connectivity index (χ3n) is 1.66. The lowest BCUT2D eigenvalue weighted by molar-refractivity contribution is -0.167. The first-order chi connectivity index (χ1) is 7.75. The van der Waals surface area contributed by atoms with Crippen molar-refractivity contribution in [2.24, 2.45) is 0 Å². The normalized spacial score (nSPS) is 11.3. The number of anilines is 1. The van der Waals surface area contributed by atoms with Crippen LogP contribution in [-0.2, 0) is 11.2 Å². The van der Waals surface area contributed by atoms with E-state index in [0.29, 0.717) is 0 Å². The SMILES string of the molecule is CCc1nc(C(=O)O)c(NC(=O)C(F)(F)F)o1. The van der Waals surface area contributed by atoms with Crippen LogP contribution < -0.4 is 5.32 Å². The van der Waals surface area contributed by atoms with E-state index in [0.717, 1.165) is 0 Å². The van der Waals surface area contributed by atoms with Gasteiger partial charge in [-0.15, -0.1) is 0 Å². The van der Waals surface area contributed by atoms with Gasteiger partial charge in [0.1, 0.15) is 0 Å². The molecule has 0 aliphatic heterocycles. The summed E-state index contributed by atoms with van der Waals surface area (Å²) >= 11 is 0. The van der Waals surface area contributed by atoms with Crippen LogP contribution in [0.25, 0.3) is 0 Å². The van der Waals surface area contributed by atoms with Crippen LogP contribution in [0.2, 0.25) is 0 Å². The Kier molecular flexibility index (Phi) is 3.39. The highest BCUT2D eigenvalue weighted by Crippen LogP contribution is 2.22. The van der Waals surface area contributed by atoms with Gasteiger partial charge in [-0.2, -0.15) is 13.2 Å². The molecule has 0 unspecified atom stereocenters. The molecule has 0 radical (unpaired) electrons. The average Bonchev–Trinajstić information content (AvgIpc) is 2.59.